The number of carbonyl (C=O) groups excluding carboxylic acids is 4. The molecule has 3 aliphatic heterocycles. The highest BCUT2D eigenvalue weighted by atomic mass is 19.1. The number of urea groups is 1. The van der Waals surface area contributed by atoms with Crippen LogP contribution in [-0.4, -0.2) is 109 Å². The second kappa shape index (κ2) is 15.8. The molecule has 62 heavy (non-hydrogen) atoms. The number of rotatable bonds is 8. The molecule has 1 atom stereocenters. The van der Waals surface area contributed by atoms with Gasteiger partial charge >= 0.3 is 6.03 Å². The Balaban J connectivity index is 0.792. The van der Waals surface area contributed by atoms with Crippen molar-refractivity contribution in [2.75, 3.05) is 54.4 Å². The van der Waals surface area contributed by atoms with Crippen LogP contribution in [0, 0.1) is 28.9 Å². The summed E-state index contributed by atoms with van der Waals surface area (Å²) in [6.07, 6.45) is 7.12. The monoisotopic (exact) mass is 847 g/mol. The minimum Gasteiger partial charge on any atom is -0.386 e. The first-order valence-corrected chi connectivity index (χ1v) is 21.0. The van der Waals surface area contributed by atoms with Crippen molar-refractivity contribution in [2.45, 2.75) is 76.6 Å². The van der Waals surface area contributed by atoms with E-state index in [9.17, 15) is 29.5 Å². The summed E-state index contributed by atoms with van der Waals surface area (Å²) in [7, 11) is 0. The lowest BCUT2D eigenvalue weighted by molar-refractivity contribution is -0.140. The molecule has 2 aromatic carbocycles. The van der Waals surface area contributed by atoms with Gasteiger partial charge < -0.3 is 20.2 Å². The van der Waals surface area contributed by atoms with Gasteiger partial charge in [-0.3, -0.25) is 34.2 Å². The average Bonchev–Trinajstić information content (AvgIpc) is 3.84. The van der Waals surface area contributed by atoms with Gasteiger partial charge in [0.1, 0.15) is 17.5 Å². The maximum atomic E-state index is 15.1. The Kier molecular flexibility index (Phi) is 10.4. The molecule has 5 amide bonds. The molecular weight excluding hydrogens is 801 g/mol. The van der Waals surface area contributed by atoms with Gasteiger partial charge in [-0.2, -0.15) is 15.5 Å². The number of halogens is 2. The van der Waals surface area contributed by atoms with E-state index in [-0.39, 0.29) is 42.6 Å². The zero-order chi connectivity index (χ0) is 43.6. The number of nitrogens with one attached hydrogen (secondary N) is 2. The number of benzene rings is 2. The summed E-state index contributed by atoms with van der Waals surface area (Å²) in [6.45, 7) is 7.98. The Morgan fingerprint density at radius 3 is 2.37 bits per heavy atom. The number of hydrogen-bond acceptors (Lipinski definition) is 10. The lowest BCUT2D eigenvalue weighted by Gasteiger charge is -2.48. The number of imide groups is 1. The van der Waals surface area contributed by atoms with Crippen LogP contribution in [0.15, 0.2) is 54.9 Å². The van der Waals surface area contributed by atoms with Crippen LogP contribution in [0.25, 0.3) is 16.4 Å². The molecule has 4 aliphatic rings. The highest BCUT2D eigenvalue weighted by molar-refractivity contribution is 6.06. The SMILES string of the molecule is C[C@@H]1CN(C(=O)C2CN(c3cc(F)c(N4CCC(=O)NC4=O)c(F)c3)C2)CCN1C1CCC(n2cc3cc(NC(=O)c4ccc5cc(C#N)cnn45)c(C(C)(C)O)cc3n2)CC1. The van der Waals surface area contributed by atoms with Gasteiger partial charge in [-0.25, -0.2) is 18.1 Å². The minimum absolute atomic E-state index is 0.0374. The Hall–Kier alpha value is -6.45. The van der Waals surface area contributed by atoms with E-state index in [4.69, 9.17) is 5.10 Å². The smallest absolute Gasteiger partial charge is 0.328 e. The first kappa shape index (κ1) is 40.9. The molecule has 6 heterocycles. The predicted octanol–water partition coefficient (Wildman–Crippen LogP) is 4.91. The summed E-state index contributed by atoms with van der Waals surface area (Å²) in [4.78, 5) is 57.9. The number of fused-ring (bicyclic) bond motifs is 2. The fourth-order valence-corrected chi connectivity index (χ4v) is 9.55. The zero-order valence-electron chi connectivity index (χ0n) is 34.6. The number of carbonyl (C=O) groups is 4. The van der Waals surface area contributed by atoms with Gasteiger partial charge in [0.25, 0.3) is 5.91 Å². The Labute approximate surface area is 355 Å². The molecule has 1 saturated carbocycles. The quantitative estimate of drug-likeness (QED) is 0.194. The summed E-state index contributed by atoms with van der Waals surface area (Å²) in [5, 5.41) is 35.5. The number of amides is 5. The van der Waals surface area contributed by atoms with E-state index in [0.29, 0.717) is 65.8 Å². The molecule has 3 saturated heterocycles. The normalized spacial score (nSPS) is 21.6. The average molecular weight is 848 g/mol. The highest BCUT2D eigenvalue weighted by Gasteiger charge is 2.40. The molecule has 5 aromatic rings. The first-order chi connectivity index (χ1) is 29.6. The molecule has 18 heteroatoms. The molecule has 9 rings (SSSR count). The second-order valence-electron chi connectivity index (χ2n) is 17.4. The van der Waals surface area contributed by atoms with Crippen molar-refractivity contribution < 1.29 is 33.1 Å². The summed E-state index contributed by atoms with van der Waals surface area (Å²) in [6, 6.07) is 12.9. The van der Waals surface area contributed by atoms with Crippen LogP contribution >= 0.6 is 0 Å². The maximum Gasteiger partial charge on any atom is 0.328 e. The highest BCUT2D eigenvalue weighted by Crippen LogP contribution is 2.37. The first-order valence-electron chi connectivity index (χ1n) is 21.0. The lowest BCUT2D eigenvalue weighted by Crippen LogP contribution is -2.61. The van der Waals surface area contributed by atoms with Gasteiger partial charge in [0.05, 0.1) is 40.4 Å². The van der Waals surface area contributed by atoms with Crippen molar-refractivity contribution in [3.8, 4) is 6.07 Å². The van der Waals surface area contributed by atoms with Crippen molar-refractivity contribution >= 4 is 57.2 Å². The van der Waals surface area contributed by atoms with Gasteiger partial charge in [-0.1, -0.05) is 0 Å². The van der Waals surface area contributed by atoms with E-state index < -0.39 is 40.8 Å². The number of nitrogens with zero attached hydrogens (tertiary/aromatic N) is 9. The maximum absolute atomic E-state index is 15.1. The zero-order valence-corrected chi connectivity index (χ0v) is 34.6. The molecule has 322 valence electrons. The van der Waals surface area contributed by atoms with E-state index in [2.05, 4.69) is 33.6 Å². The van der Waals surface area contributed by atoms with Crippen molar-refractivity contribution in [1.29, 1.82) is 5.26 Å². The molecule has 0 bridgehead atoms. The van der Waals surface area contributed by atoms with E-state index >= 15 is 8.78 Å². The van der Waals surface area contributed by atoms with Crippen LogP contribution in [0.2, 0.25) is 0 Å². The molecule has 16 nitrogen and oxygen atoms in total. The van der Waals surface area contributed by atoms with Crippen LogP contribution in [-0.2, 0) is 15.2 Å². The predicted molar refractivity (Wildman–Crippen MR) is 224 cm³/mol. The largest absolute Gasteiger partial charge is 0.386 e. The number of nitriles is 1. The van der Waals surface area contributed by atoms with Gasteiger partial charge in [0, 0.05) is 86.3 Å². The van der Waals surface area contributed by atoms with Crippen molar-refractivity contribution in [2.24, 2.45) is 5.92 Å². The third-order valence-corrected chi connectivity index (χ3v) is 12.9. The van der Waals surface area contributed by atoms with Crippen LogP contribution < -0.4 is 20.4 Å². The van der Waals surface area contributed by atoms with Gasteiger partial charge in [-0.05, 0) is 88.9 Å². The van der Waals surface area contributed by atoms with Crippen molar-refractivity contribution in [3.63, 3.8) is 0 Å². The molecule has 0 spiro atoms. The topological polar surface area (TPSA) is 184 Å². The van der Waals surface area contributed by atoms with E-state index in [1.807, 2.05) is 27.9 Å². The summed E-state index contributed by atoms with van der Waals surface area (Å²) in [5.41, 5.74) is 1.51. The van der Waals surface area contributed by atoms with Gasteiger partial charge in [0.15, 0.2) is 11.6 Å². The summed E-state index contributed by atoms with van der Waals surface area (Å²) < 4.78 is 33.7. The Morgan fingerprint density at radius 1 is 0.968 bits per heavy atom. The van der Waals surface area contributed by atoms with Gasteiger partial charge in [-0.15, -0.1) is 0 Å². The summed E-state index contributed by atoms with van der Waals surface area (Å²) >= 11 is 0. The molecule has 4 fully saturated rings. The minimum atomic E-state index is -1.28. The van der Waals surface area contributed by atoms with Crippen LogP contribution in [0.3, 0.4) is 0 Å². The van der Waals surface area contributed by atoms with Gasteiger partial charge in [0.2, 0.25) is 11.8 Å². The number of anilines is 3. The standard InChI is InChI=1S/C44H47F2N11O5/c1-25-21-52(42(60)28-22-53(23-28)32-16-34(45)40(35(46)17-32)55-11-10-39(58)50-43(55)61)12-13-54(25)29-4-6-30(7-5-29)56-24-27-15-37(33(44(2,3)62)18-36(27)51-56)49-41(59)38-9-8-31-14-26(19-47)20-48-57(31)38/h8-9,14-18,20,24-25,28-30,62H,4-7,10-13,21-23H2,1-3H3,(H,49,59)(H,50,58,61)/t25-,29?,30?/m1/s1. The second-order valence-corrected chi connectivity index (χ2v) is 17.4. The number of aromatic nitrogens is 4. The van der Waals surface area contributed by atoms with Crippen LogP contribution in [0.5, 0.6) is 0 Å². The third kappa shape index (κ3) is 7.59. The fraction of sp³-hybridized carbons (Fsp3) is 0.432. The Bertz CT molecular complexity index is 2650. The van der Waals surface area contributed by atoms with E-state index in [1.54, 1.807) is 36.9 Å². The molecule has 1 aliphatic carbocycles. The molecule has 0 unspecified atom stereocenters. The number of piperazine rings is 1. The summed E-state index contributed by atoms with van der Waals surface area (Å²) in [5.74, 6) is -2.97. The molecular formula is C44H47F2N11O5. The fourth-order valence-electron chi connectivity index (χ4n) is 9.55. The van der Waals surface area contributed by atoms with E-state index in [0.717, 1.165) is 42.5 Å². The number of hydrogen-bond donors (Lipinski definition) is 3. The molecule has 0 radical (unpaired) electrons. The number of aliphatic hydroxyl groups is 1. The third-order valence-electron chi connectivity index (χ3n) is 12.9. The van der Waals surface area contributed by atoms with Crippen LogP contribution in [0.4, 0.5) is 30.6 Å². The molecule has 3 N–H and O–H groups in total. The Morgan fingerprint density at radius 2 is 1.69 bits per heavy atom. The van der Waals surface area contributed by atoms with E-state index in [1.165, 1.54) is 22.8 Å². The van der Waals surface area contributed by atoms with Crippen molar-refractivity contribution in [3.05, 3.63) is 83.3 Å². The van der Waals surface area contributed by atoms with Crippen LogP contribution in [0.1, 0.15) is 80.5 Å². The van der Waals surface area contributed by atoms with Crippen molar-refractivity contribution in [1.82, 2.24) is 34.5 Å². The molecule has 3 aromatic heterocycles. The lowest BCUT2D eigenvalue weighted by atomic mass is 9.89.